The Morgan fingerprint density at radius 1 is 1.25 bits per heavy atom. The highest BCUT2D eigenvalue weighted by Crippen LogP contribution is 2.20. The molecular weight excluding hydrogens is 344 g/mol. The molecule has 0 N–H and O–H groups in total. The van der Waals surface area contributed by atoms with Crippen LogP contribution in [0.5, 0.6) is 6.01 Å². The van der Waals surface area contributed by atoms with Gasteiger partial charge in [-0.2, -0.15) is 9.67 Å². The second-order valence-corrected chi connectivity index (χ2v) is 13.1. The minimum atomic E-state index is -1.11. The van der Waals surface area contributed by atoms with Crippen LogP contribution in [-0.4, -0.2) is 40.5 Å². The van der Waals surface area contributed by atoms with Crippen molar-refractivity contribution < 1.29 is 9.47 Å². The standard InChI is InChI=1S/C16H25ClN4O2Si/c1-12(2)23-16-19-15(13-6-7-14(17)18-10-13)20-21(16)11-22-8-9-24(3,4)5/h6-7,10,12H,8-9,11H2,1-5H3. The van der Waals surface area contributed by atoms with E-state index in [1.807, 2.05) is 19.9 Å². The van der Waals surface area contributed by atoms with Crippen molar-refractivity contribution in [2.24, 2.45) is 0 Å². The lowest BCUT2D eigenvalue weighted by atomic mass is 10.3. The van der Waals surface area contributed by atoms with Crippen molar-refractivity contribution in [2.75, 3.05) is 6.61 Å². The number of nitrogens with zero attached hydrogens (tertiary/aromatic N) is 4. The summed E-state index contributed by atoms with van der Waals surface area (Å²) < 4.78 is 13.2. The third-order valence-corrected chi connectivity index (χ3v) is 5.10. The van der Waals surface area contributed by atoms with Gasteiger partial charge in [-0.05, 0) is 32.0 Å². The van der Waals surface area contributed by atoms with E-state index >= 15 is 0 Å². The molecule has 0 saturated heterocycles. The van der Waals surface area contributed by atoms with E-state index in [4.69, 9.17) is 21.1 Å². The fourth-order valence-corrected chi connectivity index (χ4v) is 2.74. The maximum atomic E-state index is 5.83. The molecule has 8 heteroatoms. The molecule has 0 atom stereocenters. The molecule has 2 aromatic rings. The van der Waals surface area contributed by atoms with Gasteiger partial charge in [0.25, 0.3) is 0 Å². The fourth-order valence-electron chi connectivity index (χ4n) is 1.87. The Bertz CT molecular complexity index is 653. The number of hydrogen-bond donors (Lipinski definition) is 0. The molecule has 0 radical (unpaired) electrons. The first-order valence-electron chi connectivity index (χ1n) is 8.06. The molecule has 2 rings (SSSR count). The molecular formula is C16H25ClN4O2Si. The Morgan fingerprint density at radius 3 is 2.58 bits per heavy atom. The fraction of sp³-hybridized carbons (Fsp3) is 0.562. The van der Waals surface area contributed by atoms with Crippen LogP contribution in [0, 0.1) is 0 Å². The van der Waals surface area contributed by atoms with Crippen molar-refractivity contribution >= 4 is 19.7 Å². The van der Waals surface area contributed by atoms with Gasteiger partial charge in [0.15, 0.2) is 5.82 Å². The second-order valence-electron chi connectivity index (χ2n) is 7.10. The second kappa shape index (κ2) is 8.09. The molecule has 0 spiro atoms. The Balaban J connectivity index is 2.11. The molecule has 0 aromatic carbocycles. The normalized spacial score (nSPS) is 12.0. The number of halogens is 1. The van der Waals surface area contributed by atoms with E-state index < -0.39 is 8.07 Å². The average molecular weight is 369 g/mol. The van der Waals surface area contributed by atoms with Gasteiger partial charge in [-0.3, -0.25) is 0 Å². The molecule has 24 heavy (non-hydrogen) atoms. The quantitative estimate of drug-likeness (QED) is 0.399. The molecule has 0 amide bonds. The summed E-state index contributed by atoms with van der Waals surface area (Å²) >= 11 is 5.83. The van der Waals surface area contributed by atoms with Gasteiger partial charge < -0.3 is 9.47 Å². The molecule has 2 heterocycles. The Kier molecular flexibility index (Phi) is 6.37. The highest BCUT2D eigenvalue weighted by molar-refractivity contribution is 6.76. The van der Waals surface area contributed by atoms with Gasteiger partial charge in [-0.1, -0.05) is 31.2 Å². The lowest BCUT2D eigenvalue weighted by molar-refractivity contribution is 0.0660. The van der Waals surface area contributed by atoms with Crippen molar-refractivity contribution in [3.05, 3.63) is 23.5 Å². The molecule has 6 nitrogen and oxygen atoms in total. The van der Waals surface area contributed by atoms with Crippen molar-refractivity contribution in [3.8, 4) is 17.4 Å². The van der Waals surface area contributed by atoms with E-state index in [-0.39, 0.29) is 6.10 Å². The monoisotopic (exact) mass is 368 g/mol. The highest BCUT2D eigenvalue weighted by Gasteiger charge is 2.16. The molecule has 0 aliphatic rings. The summed E-state index contributed by atoms with van der Waals surface area (Å²) in [4.78, 5) is 8.52. The number of rotatable bonds is 8. The topological polar surface area (TPSA) is 62.1 Å². The van der Waals surface area contributed by atoms with Crippen LogP contribution in [0.3, 0.4) is 0 Å². The molecule has 0 aliphatic heterocycles. The van der Waals surface area contributed by atoms with Crippen molar-refractivity contribution in [1.29, 1.82) is 0 Å². The minimum absolute atomic E-state index is 0.00567. The molecule has 0 fully saturated rings. The van der Waals surface area contributed by atoms with Crippen LogP contribution in [0.2, 0.25) is 30.8 Å². The molecule has 0 aliphatic carbocycles. The van der Waals surface area contributed by atoms with Gasteiger partial charge in [0.1, 0.15) is 11.9 Å². The largest absolute Gasteiger partial charge is 0.461 e. The van der Waals surface area contributed by atoms with Crippen LogP contribution in [-0.2, 0) is 11.5 Å². The summed E-state index contributed by atoms with van der Waals surface area (Å²) in [7, 11) is -1.11. The van der Waals surface area contributed by atoms with E-state index in [0.717, 1.165) is 11.6 Å². The third-order valence-electron chi connectivity index (χ3n) is 3.17. The van der Waals surface area contributed by atoms with Gasteiger partial charge >= 0.3 is 6.01 Å². The SMILES string of the molecule is CC(C)Oc1nc(-c2ccc(Cl)nc2)nn1COCC[Si](C)(C)C. The van der Waals surface area contributed by atoms with Crippen molar-refractivity contribution in [2.45, 2.75) is 52.4 Å². The lowest BCUT2D eigenvalue weighted by Gasteiger charge is -2.15. The zero-order valence-corrected chi connectivity index (χ0v) is 16.7. The molecule has 0 saturated carbocycles. The van der Waals surface area contributed by atoms with Crippen LogP contribution in [0.25, 0.3) is 11.4 Å². The lowest BCUT2D eigenvalue weighted by Crippen LogP contribution is -2.22. The molecule has 0 unspecified atom stereocenters. The van der Waals surface area contributed by atoms with E-state index in [1.165, 1.54) is 0 Å². The highest BCUT2D eigenvalue weighted by atomic mass is 35.5. The van der Waals surface area contributed by atoms with Crippen LogP contribution < -0.4 is 4.74 Å². The van der Waals surface area contributed by atoms with Gasteiger partial charge in [0, 0.05) is 26.4 Å². The third kappa shape index (κ3) is 5.88. The Hall–Kier alpha value is -1.44. The van der Waals surface area contributed by atoms with Crippen LogP contribution in [0.15, 0.2) is 18.3 Å². The number of pyridine rings is 1. The summed E-state index contributed by atoms with van der Waals surface area (Å²) in [5.41, 5.74) is 0.786. The summed E-state index contributed by atoms with van der Waals surface area (Å²) in [5.74, 6) is 0.545. The van der Waals surface area contributed by atoms with Crippen LogP contribution in [0.4, 0.5) is 0 Å². The van der Waals surface area contributed by atoms with Crippen LogP contribution in [0.1, 0.15) is 13.8 Å². The first-order chi connectivity index (χ1) is 11.2. The maximum absolute atomic E-state index is 5.83. The summed E-state index contributed by atoms with van der Waals surface area (Å²) in [6.07, 6.45) is 1.65. The first kappa shape index (κ1) is 18.9. The predicted octanol–water partition coefficient (Wildman–Crippen LogP) is 4.09. The Morgan fingerprint density at radius 2 is 2.00 bits per heavy atom. The van der Waals surface area contributed by atoms with E-state index in [1.54, 1.807) is 16.9 Å². The van der Waals surface area contributed by atoms with Gasteiger partial charge in [0.05, 0.1) is 6.10 Å². The zero-order valence-electron chi connectivity index (χ0n) is 14.9. The average Bonchev–Trinajstić information content (AvgIpc) is 2.85. The van der Waals surface area contributed by atoms with E-state index in [0.29, 0.717) is 30.3 Å². The predicted molar refractivity (Wildman–Crippen MR) is 98.1 cm³/mol. The van der Waals surface area contributed by atoms with Gasteiger partial charge in [0.2, 0.25) is 0 Å². The smallest absolute Gasteiger partial charge is 0.317 e. The van der Waals surface area contributed by atoms with Crippen molar-refractivity contribution in [3.63, 3.8) is 0 Å². The summed E-state index contributed by atoms with van der Waals surface area (Å²) in [6.45, 7) is 11.9. The van der Waals surface area contributed by atoms with Crippen LogP contribution >= 0.6 is 11.6 Å². The first-order valence-corrected chi connectivity index (χ1v) is 12.1. The van der Waals surface area contributed by atoms with E-state index in [2.05, 4.69) is 34.7 Å². The van der Waals surface area contributed by atoms with Gasteiger partial charge in [-0.25, -0.2) is 4.98 Å². The zero-order chi connectivity index (χ0) is 17.7. The van der Waals surface area contributed by atoms with Crippen molar-refractivity contribution in [1.82, 2.24) is 19.7 Å². The number of hydrogen-bond acceptors (Lipinski definition) is 5. The number of aromatic nitrogens is 4. The Labute approximate surface area is 149 Å². The molecule has 2 aromatic heterocycles. The summed E-state index contributed by atoms with van der Waals surface area (Å²) in [5, 5.41) is 4.92. The van der Waals surface area contributed by atoms with E-state index in [9.17, 15) is 0 Å². The van der Waals surface area contributed by atoms with Gasteiger partial charge in [-0.15, -0.1) is 5.10 Å². The maximum Gasteiger partial charge on any atom is 0.317 e. The molecule has 132 valence electrons. The molecule has 0 bridgehead atoms. The number of ether oxygens (including phenoxy) is 2. The minimum Gasteiger partial charge on any atom is -0.461 e. The summed E-state index contributed by atoms with van der Waals surface area (Å²) in [6, 6.07) is 5.10.